The maximum Gasteiger partial charge on any atom is 0.303 e. The lowest BCUT2D eigenvalue weighted by Crippen LogP contribution is -2.50. The summed E-state index contributed by atoms with van der Waals surface area (Å²) < 4.78 is 11.0. The number of halogens is 2. The highest BCUT2D eigenvalue weighted by molar-refractivity contribution is 6.35. The summed E-state index contributed by atoms with van der Waals surface area (Å²) in [5.41, 5.74) is 2.47. The molecule has 2 amide bonds. The molecule has 2 aliphatic heterocycles. The van der Waals surface area contributed by atoms with E-state index in [0.717, 1.165) is 37.1 Å². The van der Waals surface area contributed by atoms with Gasteiger partial charge in [-0.1, -0.05) is 23.2 Å². The molecule has 14 heteroatoms. The monoisotopic (exact) mass is 669 g/mol. The maximum absolute atomic E-state index is 12.3. The Hall–Kier alpha value is -4.00. The zero-order valence-electron chi connectivity index (χ0n) is 25.9. The molecular weight excluding hydrogens is 633 g/mol. The van der Waals surface area contributed by atoms with Crippen LogP contribution >= 0.6 is 23.2 Å². The summed E-state index contributed by atoms with van der Waals surface area (Å²) in [6.07, 6.45) is 5.22. The predicted octanol–water partition coefficient (Wildman–Crippen LogP) is 4.20. The van der Waals surface area contributed by atoms with Crippen molar-refractivity contribution in [2.45, 2.75) is 33.2 Å². The summed E-state index contributed by atoms with van der Waals surface area (Å²) in [6, 6.07) is 9.25. The number of carbonyl (C=O) groups is 3. The minimum Gasteiger partial charge on any atom is -0.456 e. The molecule has 0 atom stereocenters. The normalized spacial score (nSPS) is 15.8. The molecule has 2 saturated heterocycles. The van der Waals surface area contributed by atoms with Crippen molar-refractivity contribution in [1.82, 2.24) is 30.1 Å². The summed E-state index contributed by atoms with van der Waals surface area (Å²) in [6.45, 7) is 7.88. The van der Waals surface area contributed by atoms with E-state index in [1.807, 2.05) is 29.2 Å². The maximum atomic E-state index is 12.3. The van der Waals surface area contributed by atoms with Gasteiger partial charge in [0.1, 0.15) is 0 Å². The molecule has 12 nitrogen and oxygen atoms in total. The number of esters is 1. The van der Waals surface area contributed by atoms with Crippen LogP contribution in [0, 0.1) is 5.92 Å². The average Bonchev–Trinajstić information content (AvgIpc) is 3.03. The van der Waals surface area contributed by atoms with Crippen LogP contribution in [0.4, 0.5) is 5.95 Å². The van der Waals surface area contributed by atoms with E-state index in [4.69, 9.17) is 37.7 Å². The minimum atomic E-state index is -0.481. The number of rotatable bonds is 10. The summed E-state index contributed by atoms with van der Waals surface area (Å²) in [5.74, 6) is 1.12. The first-order valence-corrected chi connectivity index (χ1v) is 16.0. The third-order valence-electron chi connectivity index (χ3n) is 7.92. The van der Waals surface area contributed by atoms with E-state index in [1.165, 1.54) is 6.92 Å². The molecule has 1 aromatic carbocycles. The molecule has 0 radical (unpaired) electrons. The molecule has 0 bridgehead atoms. The van der Waals surface area contributed by atoms with Crippen molar-refractivity contribution in [3.8, 4) is 22.9 Å². The summed E-state index contributed by atoms with van der Waals surface area (Å²) in [7, 11) is 0. The first kappa shape index (κ1) is 33.4. The molecule has 0 spiro atoms. The van der Waals surface area contributed by atoms with E-state index in [9.17, 15) is 14.4 Å². The number of ether oxygens (including phenoxy) is 2. The van der Waals surface area contributed by atoms with Crippen LogP contribution in [0.5, 0.6) is 11.6 Å². The van der Waals surface area contributed by atoms with Gasteiger partial charge in [-0.15, -0.1) is 0 Å². The topological polar surface area (TPSA) is 130 Å². The van der Waals surface area contributed by atoms with Crippen LogP contribution in [-0.4, -0.2) is 95.0 Å². The second kappa shape index (κ2) is 15.5. The third kappa shape index (κ3) is 9.51. The van der Waals surface area contributed by atoms with Gasteiger partial charge >= 0.3 is 5.97 Å². The van der Waals surface area contributed by atoms with Gasteiger partial charge in [-0.3, -0.25) is 19.3 Å². The number of hydrogen-bond acceptors (Lipinski definition) is 10. The molecule has 0 aliphatic carbocycles. The molecule has 2 aromatic heterocycles. The summed E-state index contributed by atoms with van der Waals surface area (Å²) >= 11 is 12.6. The van der Waals surface area contributed by atoms with E-state index in [1.54, 1.807) is 30.3 Å². The van der Waals surface area contributed by atoms with Gasteiger partial charge in [0.05, 0.1) is 18.1 Å². The third-order valence-corrected chi connectivity index (χ3v) is 8.36. The van der Waals surface area contributed by atoms with Gasteiger partial charge in [0.2, 0.25) is 17.7 Å². The first-order chi connectivity index (χ1) is 22.1. The number of aromatic nitrogens is 3. The molecule has 0 unspecified atom stereocenters. The first-order valence-electron chi connectivity index (χ1n) is 15.2. The van der Waals surface area contributed by atoms with E-state index >= 15 is 0 Å². The van der Waals surface area contributed by atoms with Crippen LogP contribution in [0.25, 0.3) is 11.3 Å². The average molecular weight is 671 g/mol. The number of pyridine rings is 1. The van der Waals surface area contributed by atoms with E-state index in [2.05, 4.69) is 20.2 Å². The molecule has 46 heavy (non-hydrogen) atoms. The van der Waals surface area contributed by atoms with Crippen molar-refractivity contribution in [3.05, 3.63) is 58.3 Å². The molecule has 2 fully saturated rings. The summed E-state index contributed by atoms with van der Waals surface area (Å²) in [5, 5.41) is 3.96. The number of piperazine rings is 1. The molecule has 244 valence electrons. The van der Waals surface area contributed by atoms with Crippen molar-refractivity contribution in [2.24, 2.45) is 5.92 Å². The fraction of sp³-hybridized carbons (Fsp3) is 0.438. The Balaban J connectivity index is 1.26. The molecule has 5 rings (SSSR count). The molecular formula is C32H37Cl2N7O5. The van der Waals surface area contributed by atoms with Crippen LogP contribution in [0.15, 0.2) is 42.7 Å². The smallest absolute Gasteiger partial charge is 0.303 e. The van der Waals surface area contributed by atoms with E-state index in [-0.39, 0.29) is 18.4 Å². The quantitative estimate of drug-likeness (QED) is 0.314. The van der Waals surface area contributed by atoms with Crippen LogP contribution < -0.4 is 15.0 Å². The number of benzene rings is 1. The molecule has 1 N–H and O–H groups in total. The van der Waals surface area contributed by atoms with Crippen LogP contribution in [0.2, 0.25) is 10.0 Å². The Morgan fingerprint density at radius 2 is 1.59 bits per heavy atom. The molecule has 2 aliphatic rings. The Kier molecular flexibility index (Phi) is 11.3. The number of hydrogen-bond donors (Lipinski definition) is 1. The van der Waals surface area contributed by atoms with Gasteiger partial charge in [-0.2, -0.15) is 0 Å². The van der Waals surface area contributed by atoms with Crippen LogP contribution in [0.3, 0.4) is 0 Å². The van der Waals surface area contributed by atoms with E-state index < -0.39 is 5.97 Å². The van der Waals surface area contributed by atoms with Gasteiger partial charge in [-0.25, -0.2) is 15.0 Å². The zero-order chi connectivity index (χ0) is 32.6. The Morgan fingerprint density at radius 1 is 0.913 bits per heavy atom. The fourth-order valence-electron chi connectivity index (χ4n) is 5.50. The van der Waals surface area contributed by atoms with Gasteiger partial charge in [0.25, 0.3) is 5.91 Å². The highest BCUT2D eigenvalue weighted by atomic mass is 35.5. The van der Waals surface area contributed by atoms with Crippen molar-refractivity contribution < 1.29 is 23.9 Å². The molecule has 0 saturated carbocycles. The lowest BCUT2D eigenvalue weighted by atomic mass is 9.96. The van der Waals surface area contributed by atoms with Gasteiger partial charge < -0.3 is 24.6 Å². The number of amides is 2. The van der Waals surface area contributed by atoms with Crippen LogP contribution in [0.1, 0.15) is 32.3 Å². The molecule has 3 aromatic rings. The highest BCUT2D eigenvalue weighted by Gasteiger charge is 2.24. The van der Waals surface area contributed by atoms with Crippen LogP contribution in [-0.2, 0) is 25.7 Å². The molecule has 4 heterocycles. The second-order valence-corrected chi connectivity index (χ2v) is 12.4. The van der Waals surface area contributed by atoms with Gasteiger partial charge in [0, 0.05) is 74.8 Å². The predicted molar refractivity (Wildman–Crippen MR) is 174 cm³/mol. The van der Waals surface area contributed by atoms with Gasteiger partial charge in [-0.05, 0) is 61.7 Å². The number of piperidine rings is 1. The number of carbonyl (C=O) groups excluding carboxylic acids is 3. The van der Waals surface area contributed by atoms with Crippen molar-refractivity contribution in [3.63, 3.8) is 0 Å². The Bertz CT molecular complexity index is 1520. The zero-order valence-corrected chi connectivity index (χ0v) is 27.4. The SMILES string of the molecule is CC(=O)NCC1CCN(Cc2cc(Oc3cnc(N4CCN(C(=O)COC(C)=O)CC4)nc3)nc(-c3cc(Cl)cc(Cl)c3)c2)CC1. The lowest BCUT2D eigenvalue weighted by Gasteiger charge is -2.34. The second-order valence-electron chi connectivity index (χ2n) is 11.5. The van der Waals surface area contributed by atoms with Crippen molar-refractivity contribution in [2.75, 3.05) is 57.3 Å². The number of nitrogens with one attached hydrogen (secondary N) is 1. The largest absolute Gasteiger partial charge is 0.456 e. The Labute approximate surface area is 278 Å². The summed E-state index contributed by atoms with van der Waals surface area (Å²) in [4.78, 5) is 54.4. The lowest BCUT2D eigenvalue weighted by molar-refractivity contribution is -0.150. The number of likely N-dealkylation sites (tertiary alicyclic amines) is 1. The van der Waals surface area contributed by atoms with Crippen molar-refractivity contribution >= 4 is 46.9 Å². The fourth-order valence-corrected chi connectivity index (χ4v) is 6.03. The van der Waals surface area contributed by atoms with Crippen molar-refractivity contribution in [1.29, 1.82) is 0 Å². The number of nitrogens with zero attached hydrogens (tertiary/aromatic N) is 6. The standard InChI is InChI=1S/C32H37Cl2N7O5/c1-21(42)35-16-23-3-5-39(6-4-23)19-24-11-29(25-13-26(33)15-27(34)14-25)38-30(12-24)46-28-17-36-32(37-18-28)41-9-7-40(8-10-41)31(44)20-45-22(2)43/h11-15,17-18,23H,3-10,16,19-20H2,1-2H3,(H,35,42). The minimum absolute atomic E-state index is 0.00511. The number of anilines is 1. The van der Waals surface area contributed by atoms with E-state index in [0.29, 0.717) is 78.5 Å². The van der Waals surface area contributed by atoms with Gasteiger partial charge in [0.15, 0.2) is 12.4 Å². The Morgan fingerprint density at radius 3 is 2.22 bits per heavy atom. The highest BCUT2D eigenvalue weighted by Crippen LogP contribution is 2.31.